The molecule has 1 amide bonds. The average molecular weight is 348 g/mol. The molecule has 2 rings (SSSR count). The molecule has 0 saturated carbocycles. The zero-order valence-electron chi connectivity index (χ0n) is 14.5. The van der Waals surface area contributed by atoms with Crippen LogP contribution in [0.1, 0.15) is 36.8 Å². The number of carboxylic acids is 1. The van der Waals surface area contributed by atoms with Crippen LogP contribution in [0.2, 0.25) is 0 Å². The summed E-state index contributed by atoms with van der Waals surface area (Å²) in [5.74, 6) is -2.42. The standard InChI is InChI=1S/C18H21FN2O4/c1-9-12(7-10-5-6-11(19)8-13(10)20-9)16(23)21-14(17(24)25)15(22)18(2,3)4/h5-8,14-15,22H,1-4H3,(H,21,23)(H,24,25). The maximum absolute atomic E-state index is 13.3. The third kappa shape index (κ3) is 4.11. The zero-order chi connectivity index (χ0) is 18.9. The minimum absolute atomic E-state index is 0.173. The number of hydrogen-bond acceptors (Lipinski definition) is 4. The highest BCUT2D eigenvalue weighted by Gasteiger charge is 2.36. The van der Waals surface area contributed by atoms with Gasteiger partial charge in [-0.1, -0.05) is 20.8 Å². The highest BCUT2D eigenvalue weighted by molar-refractivity contribution is 6.00. The molecule has 0 saturated heterocycles. The number of nitrogens with one attached hydrogen (secondary N) is 1. The van der Waals surface area contributed by atoms with Crippen LogP contribution in [-0.2, 0) is 4.79 Å². The van der Waals surface area contributed by atoms with Crippen LogP contribution in [0, 0.1) is 18.2 Å². The number of aliphatic hydroxyl groups is 1. The second-order valence-electron chi connectivity index (χ2n) is 7.06. The van der Waals surface area contributed by atoms with Crippen LogP contribution in [0.15, 0.2) is 24.3 Å². The minimum atomic E-state index is -1.46. The Kier molecular flexibility index (Phi) is 5.08. The summed E-state index contributed by atoms with van der Waals surface area (Å²) in [4.78, 5) is 28.2. The van der Waals surface area contributed by atoms with Crippen LogP contribution < -0.4 is 5.32 Å². The number of aliphatic carboxylic acids is 1. The van der Waals surface area contributed by atoms with Crippen molar-refractivity contribution in [3.05, 3.63) is 41.3 Å². The molecule has 25 heavy (non-hydrogen) atoms. The first-order chi connectivity index (χ1) is 11.5. The normalized spacial score (nSPS) is 14.2. The number of aliphatic hydroxyl groups excluding tert-OH is 1. The summed E-state index contributed by atoms with van der Waals surface area (Å²) in [5, 5.41) is 22.5. The number of amides is 1. The van der Waals surface area contributed by atoms with Crippen molar-refractivity contribution in [3.63, 3.8) is 0 Å². The number of benzene rings is 1. The summed E-state index contributed by atoms with van der Waals surface area (Å²) in [7, 11) is 0. The Hall–Kier alpha value is -2.54. The third-order valence-corrected chi connectivity index (χ3v) is 3.97. The molecule has 0 fully saturated rings. The molecule has 0 aliphatic heterocycles. The molecule has 2 atom stereocenters. The molecule has 1 heterocycles. The molecule has 2 unspecified atom stereocenters. The lowest BCUT2D eigenvalue weighted by Gasteiger charge is -2.31. The predicted octanol–water partition coefficient (Wildman–Crippen LogP) is 2.27. The van der Waals surface area contributed by atoms with E-state index in [-0.39, 0.29) is 5.56 Å². The van der Waals surface area contributed by atoms with Crippen LogP contribution >= 0.6 is 0 Å². The number of hydrogen-bond donors (Lipinski definition) is 3. The molecule has 0 spiro atoms. The Labute approximate surface area is 144 Å². The van der Waals surface area contributed by atoms with E-state index in [1.807, 2.05) is 0 Å². The van der Waals surface area contributed by atoms with E-state index in [2.05, 4.69) is 10.3 Å². The zero-order valence-corrected chi connectivity index (χ0v) is 14.5. The van der Waals surface area contributed by atoms with E-state index in [1.54, 1.807) is 27.7 Å². The van der Waals surface area contributed by atoms with Gasteiger partial charge in [0.25, 0.3) is 5.91 Å². The summed E-state index contributed by atoms with van der Waals surface area (Å²) < 4.78 is 13.3. The first kappa shape index (κ1) is 18.8. The predicted molar refractivity (Wildman–Crippen MR) is 90.8 cm³/mol. The van der Waals surface area contributed by atoms with Gasteiger partial charge in [-0.05, 0) is 30.5 Å². The van der Waals surface area contributed by atoms with Gasteiger partial charge in [-0.3, -0.25) is 9.78 Å². The topological polar surface area (TPSA) is 99.5 Å². The monoisotopic (exact) mass is 348 g/mol. The maximum Gasteiger partial charge on any atom is 0.328 e. The van der Waals surface area contributed by atoms with Crippen molar-refractivity contribution in [1.29, 1.82) is 0 Å². The van der Waals surface area contributed by atoms with Crippen LogP contribution in [0.3, 0.4) is 0 Å². The first-order valence-electron chi connectivity index (χ1n) is 7.79. The van der Waals surface area contributed by atoms with E-state index in [9.17, 15) is 24.2 Å². The van der Waals surface area contributed by atoms with Gasteiger partial charge in [0, 0.05) is 11.5 Å². The van der Waals surface area contributed by atoms with Gasteiger partial charge in [-0.25, -0.2) is 9.18 Å². The largest absolute Gasteiger partial charge is 0.480 e. The molecule has 7 heteroatoms. The lowest BCUT2D eigenvalue weighted by Crippen LogP contribution is -2.53. The number of carbonyl (C=O) groups excluding carboxylic acids is 1. The third-order valence-electron chi connectivity index (χ3n) is 3.97. The van der Waals surface area contributed by atoms with E-state index in [1.165, 1.54) is 24.3 Å². The van der Waals surface area contributed by atoms with Crippen molar-refractivity contribution in [1.82, 2.24) is 10.3 Å². The number of aryl methyl sites for hydroxylation is 1. The number of aromatic nitrogens is 1. The van der Waals surface area contributed by atoms with Crippen molar-refractivity contribution in [2.45, 2.75) is 39.8 Å². The molecule has 1 aromatic heterocycles. The van der Waals surface area contributed by atoms with Gasteiger partial charge in [0.15, 0.2) is 6.04 Å². The fourth-order valence-corrected chi connectivity index (χ4v) is 2.46. The molecule has 0 radical (unpaired) electrons. The molecule has 134 valence electrons. The Morgan fingerprint density at radius 2 is 1.88 bits per heavy atom. The molecule has 6 nitrogen and oxygen atoms in total. The molecule has 3 N–H and O–H groups in total. The highest BCUT2D eigenvalue weighted by atomic mass is 19.1. The number of halogens is 1. The van der Waals surface area contributed by atoms with Crippen LogP contribution in [0.4, 0.5) is 4.39 Å². The SMILES string of the molecule is Cc1nc2cc(F)ccc2cc1C(=O)NC(C(=O)O)C(O)C(C)(C)C. The Morgan fingerprint density at radius 1 is 1.24 bits per heavy atom. The fourth-order valence-electron chi connectivity index (χ4n) is 2.46. The van der Waals surface area contributed by atoms with Gasteiger partial charge in [0.1, 0.15) is 5.82 Å². The van der Waals surface area contributed by atoms with Crippen molar-refractivity contribution in [2.24, 2.45) is 5.41 Å². The molecule has 0 aliphatic carbocycles. The van der Waals surface area contributed by atoms with E-state index < -0.39 is 35.3 Å². The number of fused-ring (bicyclic) bond motifs is 1. The maximum atomic E-state index is 13.3. The summed E-state index contributed by atoms with van der Waals surface area (Å²) in [6.45, 7) is 6.61. The number of carboxylic acid groups (broad SMARTS) is 1. The van der Waals surface area contributed by atoms with E-state index in [0.717, 1.165) is 0 Å². The molecular formula is C18H21FN2O4. The van der Waals surface area contributed by atoms with Gasteiger partial charge >= 0.3 is 5.97 Å². The van der Waals surface area contributed by atoms with Crippen molar-refractivity contribution in [2.75, 3.05) is 0 Å². The quantitative estimate of drug-likeness (QED) is 0.787. The Balaban J connectivity index is 2.36. The van der Waals surface area contributed by atoms with Crippen molar-refractivity contribution >= 4 is 22.8 Å². The van der Waals surface area contributed by atoms with Crippen LogP contribution in [-0.4, -0.2) is 39.2 Å². The second-order valence-corrected chi connectivity index (χ2v) is 7.06. The van der Waals surface area contributed by atoms with E-state index in [0.29, 0.717) is 16.6 Å². The van der Waals surface area contributed by atoms with Gasteiger partial charge in [-0.15, -0.1) is 0 Å². The van der Waals surface area contributed by atoms with E-state index >= 15 is 0 Å². The second kappa shape index (κ2) is 6.76. The minimum Gasteiger partial charge on any atom is -0.480 e. The molecule has 2 aromatic rings. The molecule has 1 aromatic carbocycles. The fraction of sp³-hybridized carbons (Fsp3) is 0.389. The number of nitrogens with zero attached hydrogens (tertiary/aromatic N) is 1. The van der Waals surface area contributed by atoms with E-state index in [4.69, 9.17) is 0 Å². The number of carbonyl (C=O) groups is 2. The van der Waals surface area contributed by atoms with Gasteiger partial charge in [-0.2, -0.15) is 0 Å². The van der Waals surface area contributed by atoms with Crippen molar-refractivity contribution < 1.29 is 24.2 Å². The van der Waals surface area contributed by atoms with Crippen LogP contribution in [0.5, 0.6) is 0 Å². The molecular weight excluding hydrogens is 327 g/mol. The smallest absolute Gasteiger partial charge is 0.328 e. The van der Waals surface area contributed by atoms with Crippen molar-refractivity contribution in [3.8, 4) is 0 Å². The van der Waals surface area contributed by atoms with Crippen LogP contribution in [0.25, 0.3) is 10.9 Å². The van der Waals surface area contributed by atoms with Gasteiger partial charge in [0.05, 0.1) is 22.9 Å². The summed E-state index contributed by atoms with van der Waals surface area (Å²) in [6.07, 6.45) is -1.28. The summed E-state index contributed by atoms with van der Waals surface area (Å²) in [6, 6.07) is 4.06. The molecule has 0 aliphatic rings. The Bertz CT molecular complexity index is 830. The van der Waals surface area contributed by atoms with Gasteiger partial charge < -0.3 is 15.5 Å². The van der Waals surface area contributed by atoms with Gasteiger partial charge in [0.2, 0.25) is 0 Å². The molecule has 0 bridgehead atoms. The Morgan fingerprint density at radius 3 is 2.44 bits per heavy atom. The average Bonchev–Trinajstić information content (AvgIpc) is 2.49. The highest BCUT2D eigenvalue weighted by Crippen LogP contribution is 2.23. The number of pyridine rings is 1. The lowest BCUT2D eigenvalue weighted by atomic mass is 9.84. The summed E-state index contributed by atoms with van der Waals surface area (Å²) in [5.41, 5.74) is 0.180. The first-order valence-corrected chi connectivity index (χ1v) is 7.79. The lowest BCUT2D eigenvalue weighted by molar-refractivity contribution is -0.144. The summed E-state index contributed by atoms with van der Waals surface area (Å²) >= 11 is 0. The number of rotatable bonds is 4.